The number of rotatable bonds is 4. The van der Waals surface area contributed by atoms with E-state index in [1.807, 2.05) is 0 Å². The number of sulfonamides is 1. The maximum Gasteiger partial charge on any atom is 0.245 e. The summed E-state index contributed by atoms with van der Waals surface area (Å²) in [5.74, 6) is -0.773. The van der Waals surface area contributed by atoms with Crippen LogP contribution in [0.5, 0.6) is 0 Å². The first-order valence-electron chi connectivity index (χ1n) is 6.84. The van der Waals surface area contributed by atoms with Gasteiger partial charge >= 0.3 is 0 Å². The predicted octanol–water partition coefficient (Wildman–Crippen LogP) is 2.27. The van der Waals surface area contributed by atoms with E-state index in [9.17, 15) is 12.8 Å². The highest BCUT2D eigenvalue weighted by atomic mass is 32.2. The quantitative estimate of drug-likeness (QED) is 0.928. The highest BCUT2D eigenvalue weighted by Crippen LogP contribution is 2.27. The number of halogens is 1. The summed E-state index contributed by atoms with van der Waals surface area (Å²) in [6.07, 6.45) is 4.76. The topological polar surface area (TPSA) is 57.6 Å². The third-order valence-corrected chi connectivity index (χ3v) is 5.85. The molecule has 0 radical (unpaired) electrons. The molecule has 4 nitrogen and oxygen atoms in total. The van der Waals surface area contributed by atoms with Gasteiger partial charge in [0.15, 0.2) is 0 Å². The van der Waals surface area contributed by atoms with Gasteiger partial charge < -0.3 is 5.11 Å². The molecule has 1 aromatic carbocycles. The first-order chi connectivity index (χ1) is 9.46. The van der Waals surface area contributed by atoms with Crippen molar-refractivity contribution in [1.29, 1.82) is 0 Å². The average molecular weight is 301 g/mol. The van der Waals surface area contributed by atoms with Crippen LogP contribution in [0.1, 0.15) is 37.7 Å². The second kappa shape index (κ2) is 6.20. The van der Waals surface area contributed by atoms with Crippen molar-refractivity contribution in [3.05, 3.63) is 29.6 Å². The number of hydrogen-bond acceptors (Lipinski definition) is 3. The lowest BCUT2D eigenvalue weighted by molar-refractivity contribution is 0.280. The molecule has 1 N–H and O–H groups in total. The summed E-state index contributed by atoms with van der Waals surface area (Å²) >= 11 is 0. The summed E-state index contributed by atoms with van der Waals surface area (Å²) < 4.78 is 40.2. The number of hydrogen-bond donors (Lipinski definition) is 1. The van der Waals surface area contributed by atoms with Crippen LogP contribution in [0.3, 0.4) is 0 Å². The minimum atomic E-state index is -3.85. The van der Waals surface area contributed by atoms with Crippen molar-refractivity contribution in [2.45, 2.75) is 49.6 Å². The van der Waals surface area contributed by atoms with Crippen molar-refractivity contribution in [1.82, 2.24) is 4.31 Å². The molecule has 1 aliphatic rings. The Kier molecular flexibility index (Phi) is 4.78. The largest absolute Gasteiger partial charge is 0.392 e. The predicted molar refractivity (Wildman–Crippen MR) is 74.1 cm³/mol. The van der Waals surface area contributed by atoms with Crippen LogP contribution in [0.15, 0.2) is 23.1 Å². The fourth-order valence-electron chi connectivity index (χ4n) is 2.64. The summed E-state index contributed by atoms with van der Waals surface area (Å²) in [6.45, 7) is -0.310. The van der Waals surface area contributed by atoms with Gasteiger partial charge in [0.25, 0.3) is 0 Å². The van der Waals surface area contributed by atoms with Gasteiger partial charge in [-0.1, -0.05) is 25.3 Å². The third-order valence-electron chi connectivity index (χ3n) is 3.92. The Balaban J connectivity index is 2.33. The lowest BCUT2D eigenvalue weighted by Gasteiger charge is -2.30. The second-order valence-corrected chi connectivity index (χ2v) is 7.20. The standard InChI is InChI=1S/C14H20FNO3S/c1-16(12-5-3-2-4-6-12)20(18,19)14-9-11(10-17)7-8-13(14)15/h7-9,12,17H,2-6,10H2,1H3. The van der Waals surface area contributed by atoms with Crippen molar-refractivity contribution < 1.29 is 17.9 Å². The number of nitrogens with zero attached hydrogens (tertiary/aromatic N) is 1. The van der Waals surface area contributed by atoms with Gasteiger partial charge in [0.2, 0.25) is 10.0 Å². The van der Waals surface area contributed by atoms with Crippen LogP contribution < -0.4 is 0 Å². The van der Waals surface area contributed by atoms with Gasteiger partial charge in [0, 0.05) is 13.1 Å². The second-order valence-electron chi connectivity index (χ2n) is 5.24. The summed E-state index contributed by atoms with van der Waals surface area (Å²) in [4.78, 5) is -0.350. The first kappa shape index (κ1) is 15.4. The number of benzene rings is 1. The Hall–Kier alpha value is -0.980. The summed E-state index contributed by atoms with van der Waals surface area (Å²) in [5, 5.41) is 9.08. The van der Waals surface area contributed by atoms with E-state index >= 15 is 0 Å². The van der Waals surface area contributed by atoms with E-state index in [2.05, 4.69) is 0 Å². The zero-order chi connectivity index (χ0) is 14.8. The van der Waals surface area contributed by atoms with E-state index in [-0.39, 0.29) is 17.5 Å². The molecule has 0 bridgehead atoms. The SMILES string of the molecule is CN(C1CCCCC1)S(=O)(=O)c1cc(CO)ccc1F. The molecule has 112 valence electrons. The molecule has 0 saturated heterocycles. The Bertz CT molecular complexity index is 568. The molecule has 0 heterocycles. The molecule has 0 aliphatic heterocycles. The van der Waals surface area contributed by atoms with Crippen LogP contribution in [0.25, 0.3) is 0 Å². The van der Waals surface area contributed by atoms with Gasteiger partial charge in [-0.2, -0.15) is 4.31 Å². The molecular formula is C14H20FNO3S. The first-order valence-corrected chi connectivity index (χ1v) is 8.28. The minimum absolute atomic E-state index is 0.0640. The van der Waals surface area contributed by atoms with Crippen molar-refractivity contribution in [2.75, 3.05) is 7.05 Å². The summed E-state index contributed by atoms with van der Waals surface area (Å²) in [5.41, 5.74) is 0.391. The van der Waals surface area contributed by atoms with Crippen molar-refractivity contribution in [3.63, 3.8) is 0 Å². The normalized spacial score (nSPS) is 17.6. The maximum atomic E-state index is 13.8. The van der Waals surface area contributed by atoms with E-state index in [1.54, 1.807) is 0 Å². The highest BCUT2D eigenvalue weighted by Gasteiger charge is 2.31. The summed E-state index contributed by atoms with van der Waals surface area (Å²) in [6, 6.07) is 3.62. The zero-order valence-corrected chi connectivity index (χ0v) is 12.4. The van der Waals surface area contributed by atoms with E-state index in [4.69, 9.17) is 5.11 Å². The Morgan fingerprint density at radius 1 is 1.30 bits per heavy atom. The van der Waals surface area contributed by atoms with Crippen molar-refractivity contribution in [2.24, 2.45) is 0 Å². The van der Waals surface area contributed by atoms with Crippen molar-refractivity contribution in [3.8, 4) is 0 Å². The number of aliphatic hydroxyl groups excluding tert-OH is 1. The Labute approximate surface area is 119 Å². The van der Waals surface area contributed by atoms with Crippen LogP contribution in [0, 0.1) is 5.82 Å². The molecule has 6 heteroatoms. The molecule has 2 rings (SSSR count). The van der Waals surface area contributed by atoms with Crippen LogP contribution in [0.4, 0.5) is 4.39 Å². The van der Waals surface area contributed by atoms with Gasteiger partial charge in [-0.25, -0.2) is 12.8 Å². The van der Waals surface area contributed by atoms with Crippen LogP contribution in [-0.2, 0) is 16.6 Å². The van der Waals surface area contributed by atoms with Gasteiger partial charge in [-0.05, 0) is 30.5 Å². The van der Waals surface area contributed by atoms with E-state index in [0.29, 0.717) is 5.56 Å². The Morgan fingerprint density at radius 3 is 2.55 bits per heavy atom. The fourth-order valence-corrected chi connectivity index (χ4v) is 4.17. The molecule has 0 atom stereocenters. The van der Waals surface area contributed by atoms with Crippen molar-refractivity contribution >= 4 is 10.0 Å². The molecule has 0 spiro atoms. The minimum Gasteiger partial charge on any atom is -0.392 e. The van der Waals surface area contributed by atoms with E-state index < -0.39 is 15.8 Å². The molecule has 0 amide bonds. The zero-order valence-electron chi connectivity index (χ0n) is 11.5. The molecular weight excluding hydrogens is 281 g/mol. The molecule has 1 aliphatic carbocycles. The van der Waals surface area contributed by atoms with Crippen LogP contribution in [-0.4, -0.2) is 30.9 Å². The molecule has 1 fully saturated rings. The third kappa shape index (κ3) is 3.02. The monoisotopic (exact) mass is 301 g/mol. The molecule has 0 unspecified atom stereocenters. The average Bonchev–Trinajstić information content (AvgIpc) is 2.47. The number of aliphatic hydroxyl groups is 1. The van der Waals surface area contributed by atoms with E-state index in [0.717, 1.165) is 38.2 Å². The Morgan fingerprint density at radius 2 is 1.95 bits per heavy atom. The lowest BCUT2D eigenvalue weighted by Crippen LogP contribution is -2.38. The summed E-state index contributed by atoms with van der Waals surface area (Å²) in [7, 11) is -2.34. The fraction of sp³-hybridized carbons (Fsp3) is 0.571. The smallest absolute Gasteiger partial charge is 0.245 e. The van der Waals surface area contributed by atoms with Gasteiger partial charge in [-0.3, -0.25) is 0 Å². The lowest BCUT2D eigenvalue weighted by atomic mass is 9.96. The molecule has 0 aromatic heterocycles. The molecule has 1 aromatic rings. The molecule has 20 heavy (non-hydrogen) atoms. The van der Waals surface area contributed by atoms with Gasteiger partial charge in [0.1, 0.15) is 10.7 Å². The van der Waals surface area contributed by atoms with E-state index in [1.165, 1.54) is 23.5 Å². The molecule has 1 saturated carbocycles. The van der Waals surface area contributed by atoms with Gasteiger partial charge in [0.05, 0.1) is 6.61 Å². The highest BCUT2D eigenvalue weighted by molar-refractivity contribution is 7.89. The maximum absolute atomic E-state index is 13.8. The van der Waals surface area contributed by atoms with Crippen LogP contribution in [0.2, 0.25) is 0 Å². The van der Waals surface area contributed by atoms with Gasteiger partial charge in [-0.15, -0.1) is 0 Å². The van der Waals surface area contributed by atoms with Crippen LogP contribution >= 0.6 is 0 Å².